The molecular weight excluding hydrogens is 304 g/mol. The van der Waals surface area contributed by atoms with Gasteiger partial charge in [-0.2, -0.15) is 0 Å². The molecule has 22 heavy (non-hydrogen) atoms. The van der Waals surface area contributed by atoms with Crippen LogP contribution in [0, 0.1) is 0 Å². The monoisotopic (exact) mass is 330 g/mol. The minimum atomic E-state index is -0.444. The molecule has 2 aliphatic heterocycles. The standard InChI is InChI=1S/C15H26N2O4S/c1-15(2,3)21-14(19)17-7-5-16(6-8-17)9-11-22-12-4-10-20-13(12)18/h12H,4-11H2,1-3H3. The van der Waals surface area contributed by atoms with Gasteiger partial charge in [-0.15, -0.1) is 11.8 Å². The van der Waals surface area contributed by atoms with Crippen LogP contribution in [0.1, 0.15) is 27.2 Å². The highest BCUT2D eigenvalue weighted by Crippen LogP contribution is 2.21. The quantitative estimate of drug-likeness (QED) is 0.730. The van der Waals surface area contributed by atoms with Crippen LogP contribution in [0.15, 0.2) is 0 Å². The summed E-state index contributed by atoms with van der Waals surface area (Å²) in [7, 11) is 0. The number of hydrogen-bond acceptors (Lipinski definition) is 6. The molecule has 2 saturated heterocycles. The van der Waals surface area contributed by atoms with Crippen LogP contribution in [0.5, 0.6) is 0 Å². The first-order valence-electron chi connectivity index (χ1n) is 7.84. The van der Waals surface area contributed by atoms with Crippen LogP contribution in [-0.2, 0) is 14.3 Å². The summed E-state index contributed by atoms with van der Waals surface area (Å²) in [6, 6.07) is 0. The fraction of sp³-hybridized carbons (Fsp3) is 0.867. The minimum absolute atomic E-state index is 0.0167. The van der Waals surface area contributed by atoms with Gasteiger partial charge in [0.2, 0.25) is 0 Å². The van der Waals surface area contributed by atoms with Crippen LogP contribution in [0.4, 0.5) is 4.79 Å². The second kappa shape index (κ2) is 7.55. The van der Waals surface area contributed by atoms with Gasteiger partial charge >= 0.3 is 12.1 Å². The Bertz CT molecular complexity index is 403. The lowest BCUT2D eigenvalue weighted by molar-refractivity contribution is -0.137. The van der Waals surface area contributed by atoms with E-state index in [1.165, 1.54) is 0 Å². The topological polar surface area (TPSA) is 59.1 Å². The van der Waals surface area contributed by atoms with Gasteiger partial charge in [-0.1, -0.05) is 0 Å². The fourth-order valence-corrected chi connectivity index (χ4v) is 3.55. The summed E-state index contributed by atoms with van der Waals surface area (Å²) < 4.78 is 10.3. The summed E-state index contributed by atoms with van der Waals surface area (Å²) in [6.07, 6.45) is 0.603. The van der Waals surface area contributed by atoms with Gasteiger partial charge in [0.05, 0.1) is 6.61 Å². The number of nitrogens with zero attached hydrogens (tertiary/aromatic N) is 2. The first kappa shape index (κ1) is 17.4. The molecule has 0 bridgehead atoms. The summed E-state index contributed by atoms with van der Waals surface area (Å²) in [5, 5.41) is 0.0167. The van der Waals surface area contributed by atoms with Crippen LogP contribution < -0.4 is 0 Å². The Hall–Kier alpha value is -0.950. The maximum absolute atomic E-state index is 12.0. The average Bonchev–Trinajstić information content (AvgIpc) is 2.83. The number of thioether (sulfide) groups is 1. The van der Waals surface area contributed by atoms with Gasteiger partial charge in [-0.05, 0) is 20.8 Å². The lowest BCUT2D eigenvalue weighted by atomic mass is 10.2. The van der Waals surface area contributed by atoms with E-state index in [1.807, 2.05) is 20.8 Å². The molecule has 1 amide bonds. The molecule has 7 heteroatoms. The van der Waals surface area contributed by atoms with E-state index in [1.54, 1.807) is 16.7 Å². The number of carbonyl (C=O) groups is 2. The number of cyclic esters (lactones) is 1. The van der Waals surface area contributed by atoms with Crippen molar-refractivity contribution in [2.24, 2.45) is 0 Å². The van der Waals surface area contributed by atoms with E-state index in [9.17, 15) is 9.59 Å². The Balaban J connectivity index is 1.62. The van der Waals surface area contributed by atoms with Crippen LogP contribution >= 0.6 is 11.8 Å². The van der Waals surface area contributed by atoms with E-state index in [-0.39, 0.29) is 17.3 Å². The molecule has 0 aliphatic carbocycles. The maximum Gasteiger partial charge on any atom is 0.410 e. The molecule has 6 nitrogen and oxygen atoms in total. The molecule has 1 atom stereocenters. The third kappa shape index (κ3) is 5.35. The van der Waals surface area contributed by atoms with Crippen LogP contribution in [0.2, 0.25) is 0 Å². The number of carbonyl (C=O) groups excluding carboxylic acids is 2. The van der Waals surface area contributed by atoms with E-state index in [0.29, 0.717) is 19.7 Å². The van der Waals surface area contributed by atoms with Crippen molar-refractivity contribution in [2.45, 2.75) is 38.0 Å². The Morgan fingerprint density at radius 3 is 2.55 bits per heavy atom. The number of hydrogen-bond donors (Lipinski definition) is 0. The molecule has 0 N–H and O–H groups in total. The van der Waals surface area contributed by atoms with Gasteiger partial charge in [-0.3, -0.25) is 9.69 Å². The lowest BCUT2D eigenvalue weighted by Gasteiger charge is -2.35. The van der Waals surface area contributed by atoms with Crippen LogP contribution in [0.25, 0.3) is 0 Å². The van der Waals surface area contributed by atoms with Gasteiger partial charge in [0.15, 0.2) is 0 Å². The first-order chi connectivity index (χ1) is 10.3. The molecule has 2 heterocycles. The van der Waals surface area contributed by atoms with E-state index in [4.69, 9.17) is 9.47 Å². The smallest absolute Gasteiger partial charge is 0.410 e. The molecule has 2 fully saturated rings. The van der Waals surface area contributed by atoms with Gasteiger partial charge in [0.25, 0.3) is 0 Å². The molecule has 0 aromatic carbocycles. The molecule has 126 valence electrons. The van der Waals surface area contributed by atoms with Gasteiger partial charge < -0.3 is 14.4 Å². The highest BCUT2D eigenvalue weighted by Gasteiger charge is 2.28. The molecule has 0 spiro atoms. The number of esters is 1. The van der Waals surface area contributed by atoms with Crippen molar-refractivity contribution in [1.29, 1.82) is 0 Å². The number of ether oxygens (including phenoxy) is 2. The van der Waals surface area contributed by atoms with E-state index >= 15 is 0 Å². The van der Waals surface area contributed by atoms with Gasteiger partial charge in [0, 0.05) is 44.9 Å². The third-order valence-electron chi connectivity index (χ3n) is 3.64. The van der Waals surface area contributed by atoms with E-state index < -0.39 is 5.60 Å². The highest BCUT2D eigenvalue weighted by atomic mass is 32.2. The van der Waals surface area contributed by atoms with Crippen molar-refractivity contribution in [3.8, 4) is 0 Å². The van der Waals surface area contributed by atoms with Crippen LogP contribution in [-0.4, -0.2) is 77.8 Å². The second-order valence-corrected chi connectivity index (χ2v) is 7.94. The van der Waals surface area contributed by atoms with Crippen molar-refractivity contribution < 1.29 is 19.1 Å². The molecule has 0 aromatic heterocycles. The molecule has 0 saturated carbocycles. The Labute approximate surface area is 136 Å². The number of piperazine rings is 1. The van der Waals surface area contributed by atoms with Crippen LogP contribution in [0.3, 0.4) is 0 Å². The Morgan fingerprint density at radius 2 is 2.00 bits per heavy atom. The summed E-state index contributed by atoms with van der Waals surface area (Å²) in [4.78, 5) is 27.4. The second-order valence-electron chi connectivity index (χ2n) is 6.62. The summed E-state index contributed by atoms with van der Waals surface area (Å²) in [5.74, 6) is 0.853. The normalized spacial score (nSPS) is 23.5. The summed E-state index contributed by atoms with van der Waals surface area (Å²) >= 11 is 1.68. The molecular formula is C15H26N2O4S. The zero-order valence-electron chi connectivity index (χ0n) is 13.7. The molecule has 2 rings (SSSR count). The van der Waals surface area contributed by atoms with Crippen molar-refractivity contribution >= 4 is 23.8 Å². The lowest BCUT2D eigenvalue weighted by Crippen LogP contribution is -2.50. The predicted octanol–water partition coefficient (Wildman–Crippen LogP) is 1.59. The molecule has 0 aromatic rings. The Morgan fingerprint density at radius 1 is 1.32 bits per heavy atom. The summed E-state index contributed by atoms with van der Waals surface area (Å²) in [6.45, 7) is 10.3. The van der Waals surface area contributed by atoms with Crippen molar-refractivity contribution in [3.63, 3.8) is 0 Å². The predicted molar refractivity (Wildman–Crippen MR) is 86.1 cm³/mol. The maximum atomic E-state index is 12.0. The zero-order chi connectivity index (χ0) is 16.2. The number of amides is 1. The van der Waals surface area contributed by atoms with Crippen molar-refractivity contribution in [2.75, 3.05) is 45.1 Å². The average molecular weight is 330 g/mol. The van der Waals surface area contributed by atoms with Gasteiger partial charge in [0.1, 0.15) is 10.9 Å². The minimum Gasteiger partial charge on any atom is -0.465 e. The third-order valence-corrected chi connectivity index (χ3v) is 4.89. The zero-order valence-corrected chi connectivity index (χ0v) is 14.5. The Kier molecular flexibility index (Phi) is 5.97. The van der Waals surface area contributed by atoms with Gasteiger partial charge in [-0.25, -0.2) is 4.79 Å². The molecule has 2 aliphatic rings. The summed E-state index contributed by atoms with van der Waals surface area (Å²) in [5.41, 5.74) is -0.444. The van der Waals surface area contributed by atoms with E-state index in [0.717, 1.165) is 31.8 Å². The SMILES string of the molecule is CC(C)(C)OC(=O)N1CCN(CCSC2CCOC2=O)CC1. The highest BCUT2D eigenvalue weighted by molar-refractivity contribution is 8.00. The largest absolute Gasteiger partial charge is 0.465 e. The van der Waals surface area contributed by atoms with Crippen molar-refractivity contribution in [3.05, 3.63) is 0 Å². The fourth-order valence-electron chi connectivity index (χ4n) is 2.43. The molecule has 0 radical (unpaired) electrons. The van der Waals surface area contributed by atoms with Crippen molar-refractivity contribution in [1.82, 2.24) is 9.80 Å². The first-order valence-corrected chi connectivity index (χ1v) is 8.88. The molecule has 1 unspecified atom stereocenters. The van der Waals surface area contributed by atoms with E-state index in [2.05, 4.69) is 4.90 Å². The number of rotatable bonds is 4.